The van der Waals surface area contributed by atoms with Crippen LogP contribution in [0.25, 0.3) is 10.8 Å². The number of hydrogen-bond acceptors (Lipinski definition) is 3. The van der Waals surface area contributed by atoms with E-state index in [1.807, 2.05) is 55.6 Å². The number of rotatable bonds is 3. The number of nitrogens with zero attached hydrogens (tertiary/aromatic N) is 1. The molecule has 1 N–H and O–H groups in total. The minimum atomic E-state index is -4.17. The van der Waals surface area contributed by atoms with Gasteiger partial charge in [-0.15, -0.1) is 0 Å². The van der Waals surface area contributed by atoms with Crippen molar-refractivity contribution in [1.82, 2.24) is 0 Å². The zero-order chi connectivity index (χ0) is 15.7. The first-order chi connectivity index (χ1) is 10.4. The van der Waals surface area contributed by atoms with Gasteiger partial charge in [0.2, 0.25) is 0 Å². The number of para-hydroxylation sites is 1. The highest BCUT2D eigenvalue weighted by atomic mass is 32.2. The van der Waals surface area contributed by atoms with Gasteiger partial charge in [0.15, 0.2) is 0 Å². The van der Waals surface area contributed by atoms with Crippen molar-refractivity contribution < 1.29 is 13.0 Å². The minimum absolute atomic E-state index is 0.0934. The molecule has 3 rings (SSSR count). The topological polar surface area (TPSA) is 57.6 Å². The minimum Gasteiger partial charge on any atom is -0.345 e. The molecule has 0 aliphatic rings. The number of fused-ring (bicyclic) bond motifs is 1. The molecule has 0 saturated carbocycles. The highest BCUT2D eigenvalue weighted by Gasteiger charge is 2.10. The molecule has 4 nitrogen and oxygen atoms in total. The first-order valence-electron chi connectivity index (χ1n) is 6.75. The van der Waals surface area contributed by atoms with Gasteiger partial charge in [-0.1, -0.05) is 30.3 Å². The standard InChI is InChI=1S/C17H15NO3S/c1-18(15-5-3-2-4-6-15)16-9-7-14-12-17(22(19,20)21)10-8-13(14)11-16/h2-12H,1H3,(H,19,20,21). The maximum absolute atomic E-state index is 11.2. The smallest absolute Gasteiger partial charge is 0.294 e. The molecule has 112 valence electrons. The Balaban J connectivity index is 2.04. The van der Waals surface area contributed by atoms with Crippen LogP contribution in [0.2, 0.25) is 0 Å². The maximum atomic E-state index is 11.2. The van der Waals surface area contributed by atoms with Gasteiger partial charge < -0.3 is 4.90 Å². The van der Waals surface area contributed by atoms with Crippen molar-refractivity contribution >= 4 is 32.3 Å². The molecule has 0 unspecified atom stereocenters. The van der Waals surface area contributed by atoms with Crippen molar-refractivity contribution in [2.24, 2.45) is 0 Å². The Bertz CT molecular complexity index is 921. The van der Waals surface area contributed by atoms with Gasteiger partial charge in [0.05, 0.1) is 4.90 Å². The molecule has 0 amide bonds. The molecule has 0 atom stereocenters. The molecule has 0 radical (unpaired) electrons. The Labute approximate surface area is 129 Å². The average Bonchev–Trinajstić information content (AvgIpc) is 2.53. The molecule has 0 fully saturated rings. The molecule has 0 aromatic heterocycles. The number of hydrogen-bond donors (Lipinski definition) is 1. The lowest BCUT2D eigenvalue weighted by atomic mass is 10.1. The third-order valence-electron chi connectivity index (χ3n) is 3.62. The summed E-state index contributed by atoms with van der Waals surface area (Å²) in [7, 11) is -2.20. The van der Waals surface area contributed by atoms with Crippen LogP contribution in [0.1, 0.15) is 0 Å². The van der Waals surface area contributed by atoms with Crippen LogP contribution in [-0.4, -0.2) is 20.0 Å². The Morgan fingerprint density at radius 1 is 0.818 bits per heavy atom. The Morgan fingerprint density at radius 2 is 1.45 bits per heavy atom. The van der Waals surface area contributed by atoms with Crippen LogP contribution in [0.4, 0.5) is 11.4 Å². The zero-order valence-electron chi connectivity index (χ0n) is 12.0. The van der Waals surface area contributed by atoms with E-state index in [4.69, 9.17) is 4.55 Å². The largest absolute Gasteiger partial charge is 0.345 e. The molecular formula is C17H15NO3S. The predicted molar refractivity (Wildman–Crippen MR) is 88.3 cm³/mol. The van der Waals surface area contributed by atoms with Crippen LogP contribution in [0.3, 0.4) is 0 Å². The van der Waals surface area contributed by atoms with Gasteiger partial charge >= 0.3 is 0 Å². The van der Waals surface area contributed by atoms with E-state index in [0.29, 0.717) is 0 Å². The number of anilines is 2. The summed E-state index contributed by atoms with van der Waals surface area (Å²) >= 11 is 0. The van der Waals surface area contributed by atoms with Crippen molar-refractivity contribution in [3.05, 3.63) is 66.7 Å². The van der Waals surface area contributed by atoms with Crippen LogP contribution >= 0.6 is 0 Å². The molecule has 22 heavy (non-hydrogen) atoms. The average molecular weight is 313 g/mol. The molecule has 0 spiro atoms. The fraction of sp³-hybridized carbons (Fsp3) is 0.0588. The molecule has 5 heteroatoms. The van der Waals surface area contributed by atoms with Gasteiger partial charge in [-0.3, -0.25) is 4.55 Å². The molecular weight excluding hydrogens is 298 g/mol. The fourth-order valence-corrected chi connectivity index (χ4v) is 2.90. The summed E-state index contributed by atoms with van der Waals surface area (Å²) in [6, 6.07) is 20.3. The van der Waals surface area contributed by atoms with Crippen molar-refractivity contribution in [1.29, 1.82) is 0 Å². The van der Waals surface area contributed by atoms with E-state index in [1.165, 1.54) is 12.1 Å². The van der Waals surface area contributed by atoms with Gasteiger partial charge in [0, 0.05) is 18.4 Å². The predicted octanol–water partition coefficient (Wildman–Crippen LogP) is 3.85. The second-order valence-corrected chi connectivity index (χ2v) is 6.48. The van der Waals surface area contributed by atoms with Crippen LogP contribution < -0.4 is 4.90 Å². The van der Waals surface area contributed by atoms with Gasteiger partial charge in [-0.05, 0) is 47.2 Å². The van der Waals surface area contributed by atoms with E-state index in [1.54, 1.807) is 6.07 Å². The Morgan fingerprint density at radius 3 is 2.14 bits per heavy atom. The van der Waals surface area contributed by atoms with E-state index in [-0.39, 0.29) is 4.90 Å². The summed E-state index contributed by atoms with van der Waals surface area (Å²) in [5.74, 6) is 0. The highest BCUT2D eigenvalue weighted by Crippen LogP contribution is 2.28. The highest BCUT2D eigenvalue weighted by molar-refractivity contribution is 7.85. The normalized spacial score (nSPS) is 11.5. The second-order valence-electron chi connectivity index (χ2n) is 5.06. The van der Waals surface area contributed by atoms with Crippen LogP contribution in [0.15, 0.2) is 71.6 Å². The summed E-state index contributed by atoms with van der Waals surface area (Å²) in [6.07, 6.45) is 0. The van der Waals surface area contributed by atoms with E-state index in [2.05, 4.69) is 4.90 Å². The van der Waals surface area contributed by atoms with E-state index in [0.717, 1.165) is 22.1 Å². The third-order valence-corrected chi connectivity index (χ3v) is 4.47. The Hall–Kier alpha value is -2.37. The monoisotopic (exact) mass is 313 g/mol. The van der Waals surface area contributed by atoms with Gasteiger partial charge in [-0.25, -0.2) is 0 Å². The fourth-order valence-electron chi connectivity index (χ4n) is 2.38. The third kappa shape index (κ3) is 2.81. The van der Waals surface area contributed by atoms with Crippen molar-refractivity contribution in [3.8, 4) is 0 Å². The van der Waals surface area contributed by atoms with E-state index < -0.39 is 10.1 Å². The van der Waals surface area contributed by atoms with Crippen LogP contribution in [-0.2, 0) is 10.1 Å². The van der Waals surface area contributed by atoms with Gasteiger partial charge in [-0.2, -0.15) is 8.42 Å². The lowest BCUT2D eigenvalue weighted by Crippen LogP contribution is -2.08. The lowest BCUT2D eigenvalue weighted by Gasteiger charge is -2.20. The molecule has 0 aliphatic carbocycles. The summed E-state index contributed by atoms with van der Waals surface area (Å²) in [6.45, 7) is 0. The molecule has 3 aromatic rings. The summed E-state index contributed by atoms with van der Waals surface area (Å²) < 4.78 is 31.5. The Kier molecular flexibility index (Phi) is 3.60. The molecule has 0 bridgehead atoms. The molecule has 3 aromatic carbocycles. The first kappa shape index (κ1) is 14.6. The van der Waals surface area contributed by atoms with Crippen molar-refractivity contribution in [3.63, 3.8) is 0 Å². The van der Waals surface area contributed by atoms with Crippen LogP contribution in [0, 0.1) is 0 Å². The van der Waals surface area contributed by atoms with E-state index in [9.17, 15) is 8.42 Å². The SMILES string of the molecule is CN(c1ccccc1)c1ccc2cc(S(=O)(=O)O)ccc2c1. The second kappa shape index (κ2) is 5.44. The lowest BCUT2D eigenvalue weighted by molar-refractivity contribution is 0.483. The quantitative estimate of drug-likeness (QED) is 0.746. The van der Waals surface area contributed by atoms with Crippen molar-refractivity contribution in [2.75, 3.05) is 11.9 Å². The van der Waals surface area contributed by atoms with Gasteiger partial charge in [0.1, 0.15) is 0 Å². The maximum Gasteiger partial charge on any atom is 0.294 e. The first-order valence-corrected chi connectivity index (χ1v) is 8.19. The zero-order valence-corrected chi connectivity index (χ0v) is 12.8. The molecule has 0 saturated heterocycles. The molecule has 0 aliphatic heterocycles. The summed E-state index contributed by atoms with van der Waals surface area (Å²) in [4.78, 5) is 1.96. The number of benzene rings is 3. The summed E-state index contributed by atoms with van der Waals surface area (Å²) in [5.41, 5.74) is 2.06. The van der Waals surface area contributed by atoms with Crippen molar-refractivity contribution in [2.45, 2.75) is 4.90 Å². The van der Waals surface area contributed by atoms with E-state index >= 15 is 0 Å². The van der Waals surface area contributed by atoms with Crippen LogP contribution in [0.5, 0.6) is 0 Å². The molecule has 0 heterocycles. The summed E-state index contributed by atoms with van der Waals surface area (Å²) in [5, 5.41) is 1.67. The van der Waals surface area contributed by atoms with Gasteiger partial charge in [0.25, 0.3) is 10.1 Å².